The Morgan fingerprint density at radius 3 is 2.47 bits per heavy atom. The molecule has 0 spiro atoms. The smallest absolute Gasteiger partial charge is 0.223 e. The Kier molecular flexibility index (Phi) is 2.62. The zero-order chi connectivity index (χ0) is 10.8. The van der Waals surface area contributed by atoms with Crippen LogP contribution in [0.4, 0.5) is 0 Å². The zero-order valence-corrected chi connectivity index (χ0v) is 8.99. The van der Waals surface area contributed by atoms with Gasteiger partial charge in [0.1, 0.15) is 5.75 Å². The molecular formula is C12H15NO2. The molecule has 1 N–H and O–H groups in total. The van der Waals surface area contributed by atoms with Crippen molar-refractivity contribution in [1.82, 2.24) is 5.32 Å². The van der Waals surface area contributed by atoms with E-state index in [1.54, 1.807) is 7.11 Å². The summed E-state index contributed by atoms with van der Waals surface area (Å²) in [6.07, 6.45) is 0.880. The van der Waals surface area contributed by atoms with E-state index in [-0.39, 0.29) is 17.9 Å². The number of amides is 1. The summed E-state index contributed by atoms with van der Waals surface area (Å²) in [6.45, 7) is 1.96. The van der Waals surface area contributed by atoms with Gasteiger partial charge in [0.2, 0.25) is 5.91 Å². The van der Waals surface area contributed by atoms with Gasteiger partial charge in [-0.3, -0.25) is 4.79 Å². The Bertz CT molecular complexity index is 358. The SMILES string of the molecule is COc1ccc([C@@H]2C[C@H](C)C(=O)N2)cc1. The fourth-order valence-electron chi connectivity index (χ4n) is 1.89. The van der Waals surface area contributed by atoms with Crippen LogP contribution in [0.15, 0.2) is 24.3 Å². The van der Waals surface area contributed by atoms with Crippen LogP contribution in [0.25, 0.3) is 0 Å². The zero-order valence-electron chi connectivity index (χ0n) is 8.99. The van der Waals surface area contributed by atoms with E-state index in [0.717, 1.165) is 17.7 Å². The molecule has 0 saturated carbocycles. The largest absolute Gasteiger partial charge is 0.497 e. The fourth-order valence-corrected chi connectivity index (χ4v) is 1.89. The molecule has 1 aromatic rings. The van der Waals surface area contributed by atoms with Crippen molar-refractivity contribution in [3.8, 4) is 5.75 Å². The third-order valence-corrected chi connectivity index (χ3v) is 2.87. The molecule has 1 fully saturated rings. The van der Waals surface area contributed by atoms with Crippen LogP contribution in [-0.2, 0) is 4.79 Å². The minimum atomic E-state index is 0.122. The third kappa shape index (κ3) is 1.96. The summed E-state index contributed by atoms with van der Waals surface area (Å²) < 4.78 is 5.09. The van der Waals surface area contributed by atoms with Gasteiger partial charge in [-0.2, -0.15) is 0 Å². The number of hydrogen-bond acceptors (Lipinski definition) is 2. The molecule has 0 bridgehead atoms. The van der Waals surface area contributed by atoms with E-state index in [1.807, 2.05) is 31.2 Å². The van der Waals surface area contributed by atoms with E-state index in [9.17, 15) is 4.79 Å². The Morgan fingerprint density at radius 2 is 2.00 bits per heavy atom. The first-order valence-corrected chi connectivity index (χ1v) is 5.15. The number of rotatable bonds is 2. The van der Waals surface area contributed by atoms with Crippen molar-refractivity contribution in [2.75, 3.05) is 7.11 Å². The van der Waals surface area contributed by atoms with Gasteiger partial charge in [0.25, 0.3) is 0 Å². The second kappa shape index (κ2) is 3.93. The predicted molar refractivity (Wildman–Crippen MR) is 57.7 cm³/mol. The van der Waals surface area contributed by atoms with Gasteiger partial charge in [0.05, 0.1) is 13.2 Å². The van der Waals surface area contributed by atoms with E-state index >= 15 is 0 Å². The van der Waals surface area contributed by atoms with Gasteiger partial charge in [0, 0.05) is 5.92 Å². The first-order chi connectivity index (χ1) is 7.20. The number of ether oxygens (including phenoxy) is 1. The summed E-state index contributed by atoms with van der Waals surface area (Å²) in [4.78, 5) is 11.3. The number of methoxy groups -OCH3 is 1. The highest BCUT2D eigenvalue weighted by molar-refractivity contribution is 5.81. The van der Waals surface area contributed by atoms with Crippen LogP contribution < -0.4 is 10.1 Å². The first-order valence-electron chi connectivity index (χ1n) is 5.15. The fraction of sp³-hybridized carbons (Fsp3) is 0.417. The van der Waals surface area contributed by atoms with Crippen molar-refractivity contribution in [1.29, 1.82) is 0 Å². The van der Waals surface area contributed by atoms with E-state index in [1.165, 1.54) is 0 Å². The molecule has 0 aliphatic carbocycles. The quantitative estimate of drug-likeness (QED) is 0.800. The molecule has 2 rings (SSSR count). The summed E-state index contributed by atoms with van der Waals surface area (Å²) in [5.74, 6) is 1.11. The average Bonchev–Trinajstić information content (AvgIpc) is 2.59. The molecule has 0 radical (unpaired) electrons. The van der Waals surface area contributed by atoms with Crippen LogP contribution in [0.3, 0.4) is 0 Å². The summed E-state index contributed by atoms with van der Waals surface area (Å²) >= 11 is 0. The molecule has 0 unspecified atom stereocenters. The molecule has 0 aromatic heterocycles. The van der Waals surface area contributed by atoms with Crippen LogP contribution in [0, 0.1) is 5.92 Å². The molecule has 2 atom stereocenters. The Morgan fingerprint density at radius 1 is 1.33 bits per heavy atom. The lowest BCUT2D eigenvalue weighted by Gasteiger charge is -2.10. The summed E-state index contributed by atoms with van der Waals surface area (Å²) in [5, 5.41) is 2.98. The highest BCUT2D eigenvalue weighted by atomic mass is 16.5. The molecule has 1 aliphatic rings. The highest BCUT2D eigenvalue weighted by Crippen LogP contribution is 2.28. The summed E-state index contributed by atoms with van der Waals surface area (Å²) in [5.41, 5.74) is 1.15. The van der Waals surface area contributed by atoms with Crippen molar-refractivity contribution < 1.29 is 9.53 Å². The average molecular weight is 205 g/mol. The highest BCUT2D eigenvalue weighted by Gasteiger charge is 2.28. The number of benzene rings is 1. The van der Waals surface area contributed by atoms with Gasteiger partial charge in [0.15, 0.2) is 0 Å². The number of carbonyl (C=O) groups is 1. The van der Waals surface area contributed by atoms with Crippen LogP contribution in [0.1, 0.15) is 24.9 Å². The van der Waals surface area contributed by atoms with Gasteiger partial charge in [-0.05, 0) is 24.1 Å². The normalized spacial score (nSPS) is 25.1. The molecule has 3 nitrogen and oxygen atoms in total. The Hall–Kier alpha value is -1.51. The van der Waals surface area contributed by atoms with Gasteiger partial charge in [-0.25, -0.2) is 0 Å². The first kappa shape index (κ1) is 10.0. The van der Waals surface area contributed by atoms with Crippen molar-refractivity contribution >= 4 is 5.91 Å². The molecule has 15 heavy (non-hydrogen) atoms. The maximum absolute atomic E-state index is 11.3. The molecule has 3 heteroatoms. The van der Waals surface area contributed by atoms with Gasteiger partial charge in [-0.15, -0.1) is 0 Å². The minimum absolute atomic E-state index is 0.122. The van der Waals surface area contributed by atoms with E-state index < -0.39 is 0 Å². The second-order valence-corrected chi connectivity index (χ2v) is 3.97. The van der Waals surface area contributed by atoms with Gasteiger partial charge >= 0.3 is 0 Å². The summed E-state index contributed by atoms with van der Waals surface area (Å²) in [7, 11) is 1.65. The van der Waals surface area contributed by atoms with Crippen molar-refractivity contribution in [3.63, 3.8) is 0 Å². The van der Waals surface area contributed by atoms with E-state index in [0.29, 0.717) is 0 Å². The van der Waals surface area contributed by atoms with Crippen molar-refractivity contribution in [2.24, 2.45) is 5.92 Å². The standard InChI is InChI=1S/C12H15NO2/c1-8-7-11(13-12(8)14)9-3-5-10(15-2)6-4-9/h3-6,8,11H,7H2,1-2H3,(H,13,14)/t8-,11-/m0/s1. The second-order valence-electron chi connectivity index (χ2n) is 3.97. The van der Waals surface area contributed by atoms with Crippen LogP contribution in [0.5, 0.6) is 5.75 Å². The van der Waals surface area contributed by atoms with E-state index in [4.69, 9.17) is 4.74 Å². The topological polar surface area (TPSA) is 38.3 Å². The molecule has 1 aromatic carbocycles. The van der Waals surface area contributed by atoms with Crippen LogP contribution in [0.2, 0.25) is 0 Å². The number of carbonyl (C=O) groups excluding carboxylic acids is 1. The summed E-state index contributed by atoms with van der Waals surface area (Å²) in [6, 6.07) is 8.01. The van der Waals surface area contributed by atoms with Gasteiger partial charge in [-0.1, -0.05) is 19.1 Å². The van der Waals surface area contributed by atoms with Crippen molar-refractivity contribution in [2.45, 2.75) is 19.4 Å². The molecule has 1 aliphatic heterocycles. The monoisotopic (exact) mass is 205 g/mol. The van der Waals surface area contributed by atoms with Crippen LogP contribution >= 0.6 is 0 Å². The molecule has 1 saturated heterocycles. The number of nitrogens with one attached hydrogen (secondary N) is 1. The maximum Gasteiger partial charge on any atom is 0.223 e. The van der Waals surface area contributed by atoms with Gasteiger partial charge < -0.3 is 10.1 Å². The van der Waals surface area contributed by atoms with Crippen molar-refractivity contribution in [3.05, 3.63) is 29.8 Å². The lowest BCUT2D eigenvalue weighted by atomic mass is 10.0. The predicted octanol–water partition coefficient (Wildman–Crippen LogP) is 1.89. The van der Waals surface area contributed by atoms with Crippen LogP contribution in [-0.4, -0.2) is 13.0 Å². The molecule has 1 amide bonds. The minimum Gasteiger partial charge on any atom is -0.497 e. The third-order valence-electron chi connectivity index (χ3n) is 2.87. The lowest BCUT2D eigenvalue weighted by Crippen LogP contribution is -2.20. The Balaban J connectivity index is 2.13. The van der Waals surface area contributed by atoms with E-state index in [2.05, 4.69) is 5.32 Å². The molecular weight excluding hydrogens is 190 g/mol. The molecule has 80 valence electrons. The number of hydrogen-bond donors (Lipinski definition) is 1. The Labute approximate surface area is 89.4 Å². The molecule has 1 heterocycles. The lowest BCUT2D eigenvalue weighted by molar-refractivity contribution is -0.122. The maximum atomic E-state index is 11.3.